The number of carboxylic acids is 1. The van der Waals surface area contributed by atoms with Crippen LogP contribution < -0.4 is 40.0 Å². The first-order valence-electron chi connectivity index (χ1n) is 10.2. The molecule has 1 N–H and O–H groups in total. The number of thiophene rings is 1. The van der Waals surface area contributed by atoms with Crippen LogP contribution in [-0.4, -0.2) is 23.7 Å². The quantitative estimate of drug-likeness (QED) is 0.462. The molecule has 8 heteroatoms. The number of carboxylic acid groups (broad SMARTS) is 1. The van der Waals surface area contributed by atoms with Crippen molar-refractivity contribution in [2.45, 2.75) is 19.8 Å². The molecule has 0 bridgehead atoms. The third kappa shape index (κ3) is 4.17. The number of fused-ring (bicyclic) bond motifs is 4. The Hall–Kier alpha value is -2.71. The molecule has 6 nitrogen and oxygen atoms in total. The predicted molar refractivity (Wildman–Crippen MR) is 122 cm³/mol. The second kappa shape index (κ2) is 9.27. The van der Waals surface area contributed by atoms with Crippen LogP contribution >= 0.6 is 11.3 Å². The number of rotatable bonds is 4. The van der Waals surface area contributed by atoms with Gasteiger partial charge in [0.2, 0.25) is 0 Å². The Morgan fingerprint density at radius 3 is 2.27 bits per heavy atom. The topological polar surface area (TPSA) is 91.3 Å². The number of carbonyl (C=O) groups is 2. The van der Waals surface area contributed by atoms with E-state index in [1.54, 1.807) is 0 Å². The third-order valence-corrected chi connectivity index (χ3v) is 6.81. The zero-order valence-electron chi connectivity index (χ0n) is 18.5. The van der Waals surface area contributed by atoms with E-state index < -0.39 is 12.1 Å². The minimum Gasteiger partial charge on any atom is -0.544 e. The van der Waals surface area contributed by atoms with Crippen LogP contribution in [-0.2, 0) is 4.74 Å². The van der Waals surface area contributed by atoms with Gasteiger partial charge in [0.1, 0.15) is 11.4 Å². The normalized spacial score (nSPS) is 12.1. The maximum Gasteiger partial charge on any atom is 1.00 e. The van der Waals surface area contributed by atoms with Gasteiger partial charge >= 0.3 is 35.7 Å². The molecule has 0 atom stereocenters. The molecule has 5 rings (SSSR count). The summed E-state index contributed by atoms with van der Waals surface area (Å²) in [5, 5.41) is 14.9. The Bertz CT molecular complexity index is 1350. The summed E-state index contributed by atoms with van der Waals surface area (Å²) in [6, 6.07) is 18.0. The fraction of sp³-hybridized carbons (Fsp3) is 0.160. The zero-order valence-corrected chi connectivity index (χ0v) is 21.3. The van der Waals surface area contributed by atoms with Crippen LogP contribution in [0.15, 0.2) is 54.6 Å². The zero-order chi connectivity index (χ0) is 22.4. The number of hydrogen-bond donors (Lipinski definition) is 1. The average Bonchev–Trinajstić information content (AvgIpc) is 3.28. The number of aromatic carboxylic acids is 1. The van der Waals surface area contributed by atoms with Gasteiger partial charge in [0.05, 0.1) is 16.5 Å². The molecule has 0 unspecified atom stereocenters. The monoisotopic (exact) mass is 466 g/mol. The first kappa shape index (κ1) is 23.4. The maximum absolute atomic E-state index is 12.7. The molecule has 1 aliphatic rings. The van der Waals surface area contributed by atoms with Crippen molar-refractivity contribution in [1.29, 1.82) is 0 Å². The Kier molecular flexibility index (Phi) is 6.59. The van der Waals surface area contributed by atoms with Crippen LogP contribution in [0.4, 0.5) is 10.5 Å². The van der Waals surface area contributed by atoms with Crippen LogP contribution in [0.2, 0.25) is 0 Å². The van der Waals surface area contributed by atoms with Gasteiger partial charge in [-0.3, -0.25) is 5.32 Å². The smallest absolute Gasteiger partial charge is 0.544 e. The molecular weight excluding hydrogens is 447 g/mol. The van der Waals surface area contributed by atoms with Crippen LogP contribution in [0, 0.1) is 13.8 Å². The number of anilines is 1. The van der Waals surface area contributed by atoms with Crippen LogP contribution in [0.25, 0.3) is 21.3 Å². The summed E-state index contributed by atoms with van der Waals surface area (Å²) >= 11 is 0.984. The van der Waals surface area contributed by atoms with Crippen molar-refractivity contribution in [2.24, 2.45) is 0 Å². The second-order valence-corrected chi connectivity index (χ2v) is 8.80. The van der Waals surface area contributed by atoms with E-state index in [0.29, 0.717) is 10.2 Å². The summed E-state index contributed by atoms with van der Waals surface area (Å²) in [7, 11) is 0. The molecule has 4 aromatic rings. The number of aryl methyl sites for hydroxylation is 2. The van der Waals surface area contributed by atoms with Gasteiger partial charge in [-0.25, -0.2) is 9.78 Å². The number of ether oxygens (including phenoxy) is 1. The number of aromatic nitrogens is 1. The van der Waals surface area contributed by atoms with Gasteiger partial charge in [-0.2, -0.15) is 0 Å². The molecular formula is C25H19N2NaO4S. The molecule has 0 radical (unpaired) electrons. The van der Waals surface area contributed by atoms with Gasteiger partial charge < -0.3 is 14.6 Å². The van der Waals surface area contributed by atoms with E-state index >= 15 is 0 Å². The van der Waals surface area contributed by atoms with Crippen molar-refractivity contribution in [1.82, 2.24) is 4.98 Å². The second-order valence-electron chi connectivity index (χ2n) is 7.80. The van der Waals surface area contributed by atoms with Gasteiger partial charge in [0, 0.05) is 17.0 Å². The summed E-state index contributed by atoms with van der Waals surface area (Å²) in [6.07, 6.45) is -0.714. The van der Waals surface area contributed by atoms with Gasteiger partial charge in [0.15, 0.2) is 0 Å². The molecule has 1 amide bonds. The van der Waals surface area contributed by atoms with E-state index in [1.165, 1.54) is 0 Å². The van der Waals surface area contributed by atoms with Gasteiger partial charge in [-0.1, -0.05) is 48.5 Å². The van der Waals surface area contributed by atoms with E-state index in [9.17, 15) is 14.7 Å². The fourth-order valence-corrected chi connectivity index (χ4v) is 5.53. The Morgan fingerprint density at radius 1 is 1.06 bits per heavy atom. The average molecular weight is 466 g/mol. The Morgan fingerprint density at radius 2 is 1.67 bits per heavy atom. The number of hydrogen-bond acceptors (Lipinski definition) is 6. The number of nitrogens with zero attached hydrogens (tertiary/aromatic N) is 1. The minimum atomic E-state index is -1.36. The molecule has 0 spiro atoms. The van der Waals surface area contributed by atoms with Crippen LogP contribution in [0.1, 0.15) is 38.0 Å². The summed E-state index contributed by atoms with van der Waals surface area (Å²) in [6.45, 7) is 3.83. The Balaban J connectivity index is 0.00000259. The van der Waals surface area contributed by atoms with Crippen molar-refractivity contribution in [2.75, 3.05) is 11.9 Å². The van der Waals surface area contributed by atoms with Gasteiger partial charge in [-0.05, 0) is 47.7 Å². The maximum atomic E-state index is 12.7. The van der Waals surface area contributed by atoms with Crippen LogP contribution in [0.5, 0.6) is 0 Å². The number of benzene rings is 2. The number of nitrogens with one attached hydrogen (secondary N) is 1. The molecule has 0 saturated carbocycles. The van der Waals surface area contributed by atoms with Crippen molar-refractivity contribution >= 4 is 39.3 Å². The van der Waals surface area contributed by atoms with E-state index in [0.717, 1.165) is 44.8 Å². The van der Waals surface area contributed by atoms with E-state index in [-0.39, 0.29) is 52.6 Å². The van der Waals surface area contributed by atoms with Crippen molar-refractivity contribution in [3.05, 3.63) is 81.9 Å². The van der Waals surface area contributed by atoms with E-state index in [2.05, 4.69) is 22.4 Å². The number of pyridine rings is 1. The van der Waals surface area contributed by atoms with E-state index in [1.807, 2.05) is 56.3 Å². The van der Waals surface area contributed by atoms with Crippen molar-refractivity contribution in [3.8, 4) is 11.1 Å². The summed E-state index contributed by atoms with van der Waals surface area (Å²) in [4.78, 5) is 29.3. The molecule has 0 fully saturated rings. The molecule has 2 aromatic carbocycles. The molecule has 1 aliphatic carbocycles. The summed E-state index contributed by atoms with van der Waals surface area (Å²) < 4.78 is 5.58. The van der Waals surface area contributed by atoms with Crippen molar-refractivity contribution in [3.63, 3.8) is 0 Å². The van der Waals surface area contributed by atoms with E-state index in [4.69, 9.17) is 4.74 Å². The molecule has 160 valence electrons. The molecule has 0 saturated heterocycles. The minimum absolute atomic E-state index is 0. The number of amides is 1. The molecule has 2 aromatic heterocycles. The summed E-state index contributed by atoms with van der Waals surface area (Å²) in [5.74, 6) is -1.45. The first-order valence-corrected chi connectivity index (χ1v) is 11.0. The standard InChI is InChI=1S/C25H20N2O4S.Na/c1-13-11-14(2)26-23-20(13)21(22(32-23)24(28)29)27-25(30)31-12-19-17-9-5-3-7-15(17)16-8-4-6-10-18(16)19;/h3-11,19H,12H2,1-2H3,(H,27,30)(H,28,29);/q;+1/p-1. The van der Waals surface area contributed by atoms with Crippen LogP contribution in [0.3, 0.4) is 0 Å². The third-order valence-electron chi connectivity index (χ3n) is 5.74. The molecule has 33 heavy (non-hydrogen) atoms. The largest absolute Gasteiger partial charge is 1.00 e. The van der Waals surface area contributed by atoms with Crippen molar-refractivity contribution < 1.29 is 49.0 Å². The SMILES string of the molecule is Cc1cc(C)c2c(NC(=O)OCC3c4ccccc4-c4ccccc43)c(C(=O)[O-])sc2n1.[Na+]. The van der Waals surface area contributed by atoms with Gasteiger partial charge in [0.25, 0.3) is 0 Å². The summed E-state index contributed by atoms with van der Waals surface area (Å²) in [5.41, 5.74) is 6.25. The fourth-order valence-electron chi connectivity index (χ4n) is 4.44. The molecule has 0 aliphatic heterocycles. The first-order chi connectivity index (χ1) is 15.4. The number of carbonyl (C=O) groups excluding carboxylic acids is 2. The predicted octanol–water partition coefficient (Wildman–Crippen LogP) is 1.64. The molecule has 2 heterocycles. The Labute approximate surface area is 216 Å². The van der Waals surface area contributed by atoms with Gasteiger partial charge in [-0.15, -0.1) is 11.3 Å².